The number of sulfonamides is 1. The van der Waals surface area contributed by atoms with Crippen LogP contribution in [0.15, 0.2) is 41.6 Å². The van der Waals surface area contributed by atoms with Gasteiger partial charge in [0.2, 0.25) is 10.0 Å². The van der Waals surface area contributed by atoms with Gasteiger partial charge in [-0.1, -0.05) is 23.7 Å². The van der Waals surface area contributed by atoms with Crippen molar-refractivity contribution in [1.82, 2.24) is 13.9 Å². The zero-order chi connectivity index (χ0) is 17.3. The molecule has 1 aliphatic heterocycles. The average molecular weight is 368 g/mol. The fourth-order valence-electron chi connectivity index (χ4n) is 3.24. The highest BCUT2D eigenvalue weighted by Gasteiger charge is 2.33. The van der Waals surface area contributed by atoms with Crippen molar-refractivity contribution in [1.29, 1.82) is 0 Å². The molecule has 0 aliphatic carbocycles. The Labute approximate surface area is 148 Å². The molecule has 1 aliphatic rings. The molecule has 5 nitrogen and oxygen atoms in total. The van der Waals surface area contributed by atoms with E-state index in [1.54, 1.807) is 34.8 Å². The van der Waals surface area contributed by atoms with Crippen molar-refractivity contribution in [2.24, 2.45) is 0 Å². The van der Waals surface area contributed by atoms with Crippen molar-refractivity contribution in [3.05, 3.63) is 47.5 Å². The van der Waals surface area contributed by atoms with Gasteiger partial charge >= 0.3 is 0 Å². The fraction of sp³-hybridized carbons (Fsp3) is 0.471. The summed E-state index contributed by atoms with van der Waals surface area (Å²) in [6, 6.07) is 6.92. The van der Waals surface area contributed by atoms with E-state index < -0.39 is 10.0 Å². The first-order chi connectivity index (χ1) is 11.4. The topological polar surface area (TPSA) is 55.2 Å². The van der Waals surface area contributed by atoms with Crippen LogP contribution in [0.25, 0.3) is 0 Å². The summed E-state index contributed by atoms with van der Waals surface area (Å²) in [5, 5.41) is 0.267. The van der Waals surface area contributed by atoms with Crippen LogP contribution in [0, 0.1) is 0 Å². The predicted molar refractivity (Wildman–Crippen MR) is 94.8 cm³/mol. The van der Waals surface area contributed by atoms with Crippen molar-refractivity contribution in [2.75, 3.05) is 13.1 Å². The average Bonchev–Trinajstić information content (AvgIpc) is 3.05. The summed E-state index contributed by atoms with van der Waals surface area (Å²) in [6.07, 6.45) is 5.51. The van der Waals surface area contributed by atoms with E-state index in [0.29, 0.717) is 19.1 Å². The highest BCUT2D eigenvalue weighted by molar-refractivity contribution is 7.89. The van der Waals surface area contributed by atoms with E-state index in [9.17, 15) is 8.42 Å². The summed E-state index contributed by atoms with van der Waals surface area (Å²) in [7, 11) is -3.59. The summed E-state index contributed by atoms with van der Waals surface area (Å²) in [4.78, 5) is 4.66. The lowest BCUT2D eigenvalue weighted by atomic mass is 9.98. The minimum Gasteiger partial charge on any atom is -0.332 e. The van der Waals surface area contributed by atoms with Crippen LogP contribution in [-0.4, -0.2) is 35.4 Å². The van der Waals surface area contributed by atoms with Crippen LogP contribution in [0.5, 0.6) is 0 Å². The van der Waals surface area contributed by atoms with Gasteiger partial charge in [-0.15, -0.1) is 0 Å². The third-order valence-electron chi connectivity index (χ3n) is 4.46. The summed E-state index contributed by atoms with van der Waals surface area (Å²) in [5.41, 5.74) is 0. The number of aromatic nitrogens is 2. The SMILES string of the molecule is CC(C)n1ccnc1[C@H]1CCCN(S(=O)(=O)c2ccccc2Cl)C1. The molecule has 2 aromatic rings. The van der Waals surface area contributed by atoms with Crippen molar-refractivity contribution in [2.45, 2.75) is 43.5 Å². The monoisotopic (exact) mass is 367 g/mol. The van der Waals surface area contributed by atoms with Crippen LogP contribution < -0.4 is 0 Å². The second-order valence-corrected chi connectivity index (χ2v) is 8.73. The fourth-order valence-corrected chi connectivity index (χ4v) is 5.26. The first-order valence-corrected chi connectivity index (χ1v) is 10.0. The van der Waals surface area contributed by atoms with Gasteiger partial charge in [0, 0.05) is 37.4 Å². The third kappa shape index (κ3) is 3.23. The van der Waals surface area contributed by atoms with Gasteiger partial charge in [0.1, 0.15) is 10.7 Å². The van der Waals surface area contributed by atoms with E-state index in [1.807, 2.05) is 6.20 Å². The molecular weight excluding hydrogens is 346 g/mol. The van der Waals surface area contributed by atoms with E-state index in [2.05, 4.69) is 23.4 Å². The molecule has 1 saturated heterocycles. The van der Waals surface area contributed by atoms with Gasteiger partial charge in [0.25, 0.3) is 0 Å². The van der Waals surface area contributed by atoms with Crippen LogP contribution in [0.4, 0.5) is 0 Å². The molecule has 0 spiro atoms. The minimum absolute atomic E-state index is 0.105. The minimum atomic E-state index is -3.59. The molecule has 0 saturated carbocycles. The van der Waals surface area contributed by atoms with E-state index in [1.165, 1.54) is 0 Å². The van der Waals surface area contributed by atoms with E-state index in [0.717, 1.165) is 18.7 Å². The Morgan fingerprint density at radius 1 is 1.29 bits per heavy atom. The van der Waals surface area contributed by atoms with Gasteiger partial charge in [-0.3, -0.25) is 0 Å². The number of halogens is 1. The van der Waals surface area contributed by atoms with Gasteiger partial charge in [0.05, 0.1) is 5.02 Å². The lowest BCUT2D eigenvalue weighted by molar-refractivity contribution is 0.302. The Morgan fingerprint density at radius 2 is 2.04 bits per heavy atom. The first-order valence-electron chi connectivity index (χ1n) is 8.18. The Kier molecular flexibility index (Phi) is 4.99. The molecule has 0 radical (unpaired) electrons. The lowest BCUT2D eigenvalue weighted by Gasteiger charge is -2.32. The molecule has 1 aromatic heterocycles. The smallest absolute Gasteiger partial charge is 0.244 e. The Hall–Kier alpha value is -1.37. The Balaban J connectivity index is 1.88. The van der Waals surface area contributed by atoms with Crippen molar-refractivity contribution in [3.63, 3.8) is 0 Å². The number of imidazole rings is 1. The number of hydrogen-bond acceptors (Lipinski definition) is 3. The molecule has 0 bridgehead atoms. The van der Waals surface area contributed by atoms with Gasteiger partial charge < -0.3 is 4.57 Å². The van der Waals surface area contributed by atoms with E-state index >= 15 is 0 Å². The lowest BCUT2D eigenvalue weighted by Crippen LogP contribution is -2.39. The van der Waals surface area contributed by atoms with Crippen LogP contribution >= 0.6 is 11.6 Å². The molecule has 0 unspecified atom stereocenters. The molecule has 0 amide bonds. The van der Waals surface area contributed by atoms with E-state index in [-0.39, 0.29) is 15.8 Å². The first kappa shape index (κ1) is 17.5. The highest BCUT2D eigenvalue weighted by atomic mass is 35.5. The molecule has 7 heteroatoms. The van der Waals surface area contributed by atoms with Crippen molar-refractivity contribution >= 4 is 21.6 Å². The number of nitrogens with zero attached hydrogens (tertiary/aromatic N) is 3. The van der Waals surface area contributed by atoms with Gasteiger partial charge in [0.15, 0.2) is 0 Å². The van der Waals surface area contributed by atoms with Crippen LogP contribution in [0.1, 0.15) is 44.5 Å². The summed E-state index contributed by atoms with van der Waals surface area (Å²) in [6.45, 7) is 5.17. The largest absolute Gasteiger partial charge is 0.332 e. The molecule has 2 heterocycles. The number of piperidine rings is 1. The number of benzene rings is 1. The Morgan fingerprint density at radius 3 is 2.75 bits per heavy atom. The second kappa shape index (κ2) is 6.86. The van der Waals surface area contributed by atoms with E-state index in [4.69, 9.17) is 11.6 Å². The predicted octanol–water partition coefficient (Wildman–Crippen LogP) is 3.69. The normalized spacial score (nSPS) is 19.8. The highest BCUT2D eigenvalue weighted by Crippen LogP contribution is 2.32. The summed E-state index contributed by atoms with van der Waals surface area (Å²) < 4.78 is 29.6. The zero-order valence-corrected chi connectivity index (χ0v) is 15.5. The Bertz CT molecular complexity index is 817. The molecule has 1 fully saturated rings. The molecule has 0 N–H and O–H groups in total. The summed E-state index contributed by atoms with van der Waals surface area (Å²) in [5.74, 6) is 1.07. The number of hydrogen-bond donors (Lipinski definition) is 0. The maximum atomic E-state index is 13.0. The van der Waals surface area contributed by atoms with Gasteiger partial charge in [-0.25, -0.2) is 13.4 Å². The molecule has 1 atom stereocenters. The van der Waals surface area contributed by atoms with Crippen molar-refractivity contribution in [3.8, 4) is 0 Å². The maximum absolute atomic E-state index is 13.0. The zero-order valence-electron chi connectivity index (χ0n) is 13.9. The quantitative estimate of drug-likeness (QED) is 0.828. The van der Waals surface area contributed by atoms with Crippen LogP contribution in [0.2, 0.25) is 5.02 Å². The van der Waals surface area contributed by atoms with Crippen molar-refractivity contribution < 1.29 is 8.42 Å². The molecule has 1 aromatic carbocycles. The van der Waals surface area contributed by atoms with Gasteiger partial charge in [-0.05, 0) is 38.8 Å². The third-order valence-corrected chi connectivity index (χ3v) is 6.82. The molecular formula is C17H22ClN3O2S. The molecule has 130 valence electrons. The molecule has 24 heavy (non-hydrogen) atoms. The maximum Gasteiger partial charge on any atom is 0.244 e. The van der Waals surface area contributed by atoms with Gasteiger partial charge in [-0.2, -0.15) is 4.31 Å². The van der Waals surface area contributed by atoms with Crippen LogP contribution in [-0.2, 0) is 10.0 Å². The summed E-state index contributed by atoms with van der Waals surface area (Å²) >= 11 is 6.11. The second-order valence-electron chi connectivity index (χ2n) is 6.42. The number of rotatable bonds is 4. The molecule has 3 rings (SSSR count). The van der Waals surface area contributed by atoms with Crippen LogP contribution in [0.3, 0.4) is 0 Å². The standard InChI is InChI=1S/C17H22ClN3O2S/c1-13(2)21-11-9-19-17(21)14-6-5-10-20(12-14)24(22,23)16-8-4-3-7-15(16)18/h3-4,7-9,11,13-14H,5-6,10,12H2,1-2H3/t14-/m0/s1.